The molecule has 0 saturated carbocycles. The maximum Gasteiger partial charge on any atom is 0.200 e. The van der Waals surface area contributed by atoms with Gasteiger partial charge < -0.3 is 9.84 Å². The molecule has 0 fully saturated rings. The first-order valence-corrected chi connectivity index (χ1v) is 6.63. The molecule has 0 heterocycles. The van der Waals surface area contributed by atoms with Crippen LogP contribution < -0.4 is 10.2 Å². The molecule has 2 aromatic carbocycles. The third-order valence-corrected chi connectivity index (χ3v) is 2.88. The summed E-state index contributed by atoms with van der Waals surface area (Å²) in [6, 6.07) is 4.08. The molecule has 9 heteroatoms. The summed E-state index contributed by atoms with van der Waals surface area (Å²) in [4.78, 5) is 0. The normalized spacial score (nSPS) is 11.1. The minimum absolute atomic E-state index is 0.123. The molecule has 0 spiro atoms. The van der Waals surface area contributed by atoms with Crippen LogP contribution in [0.3, 0.4) is 0 Å². The van der Waals surface area contributed by atoms with E-state index in [4.69, 9.17) is 4.74 Å². The zero-order valence-corrected chi connectivity index (χ0v) is 12.2. The lowest BCUT2D eigenvalue weighted by atomic mass is 10.2. The molecule has 0 aliphatic rings. The van der Waals surface area contributed by atoms with E-state index >= 15 is 0 Å². The van der Waals surface area contributed by atoms with Gasteiger partial charge in [-0.25, -0.2) is 22.0 Å². The van der Waals surface area contributed by atoms with Gasteiger partial charge >= 0.3 is 0 Å². The number of benzene rings is 2. The van der Waals surface area contributed by atoms with Gasteiger partial charge in [0, 0.05) is 0 Å². The fourth-order valence-electron chi connectivity index (χ4n) is 1.76. The van der Waals surface area contributed by atoms with E-state index in [2.05, 4.69) is 5.10 Å². The first kappa shape index (κ1) is 17.5. The van der Waals surface area contributed by atoms with E-state index in [1.54, 1.807) is 12.3 Å². The van der Waals surface area contributed by atoms with Crippen molar-refractivity contribution in [3.8, 4) is 11.5 Å². The molecule has 2 N–H and O–H groups in total. The standard InChI is InChI=1S/C15H11F5N2O2/c1-2-24-9-5-7(3-4-8(9)23)6-21-22-15-13(19)11(17)10(16)12(18)14(15)20/h3-6,22-23H,2H2,1H3/b21-6+. The third kappa shape index (κ3) is 3.39. The largest absolute Gasteiger partial charge is 0.504 e. The maximum atomic E-state index is 13.4. The summed E-state index contributed by atoms with van der Waals surface area (Å²) >= 11 is 0. The molecular weight excluding hydrogens is 335 g/mol. The second-order valence-electron chi connectivity index (χ2n) is 4.48. The number of anilines is 1. The van der Waals surface area contributed by atoms with Crippen LogP contribution >= 0.6 is 0 Å². The monoisotopic (exact) mass is 346 g/mol. The molecule has 0 bridgehead atoms. The fourth-order valence-corrected chi connectivity index (χ4v) is 1.76. The summed E-state index contributed by atoms with van der Waals surface area (Å²) in [5, 5.41) is 13.0. The number of nitrogens with zero attached hydrogens (tertiary/aromatic N) is 1. The number of nitrogens with one attached hydrogen (secondary N) is 1. The van der Waals surface area contributed by atoms with Gasteiger partial charge in [0.25, 0.3) is 0 Å². The van der Waals surface area contributed by atoms with Crippen molar-refractivity contribution < 1.29 is 31.8 Å². The summed E-state index contributed by atoms with van der Waals surface area (Å²) < 4.78 is 71.0. The van der Waals surface area contributed by atoms with Gasteiger partial charge in [-0.05, 0) is 30.7 Å². The van der Waals surface area contributed by atoms with E-state index in [1.807, 2.05) is 0 Å². The topological polar surface area (TPSA) is 53.8 Å². The average Bonchev–Trinajstić information content (AvgIpc) is 2.57. The number of hydrazone groups is 1. The summed E-state index contributed by atoms with van der Waals surface area (Å²) in [5.74, 6) is -10.4. The summed E-state index contributed by atoms with van der Waals surface area (Å²) in [7, 11) is 0. The van der Waals surface area contributed by atoms with Crippen molar-refractivity contribution in [2.24, 2.45) is 5.10 Å². The van der Waals surface area contributed by atoms with Crippen molar-refractivity contribution in [3.05, 3.63) is 52.8 Å². The Labute approximate surface area is 133 Å². The number of halogens is 5. The zero-order valence-electron chi connectivity index (χ0n) is 12.2. The van der Waals surface area contributed by atoms with Crippen LogP contribution in [0.4, 0.5) is 27.6 Å². The van der Waals surface area contributed by atoms with Crippen LogP contribution in [-0.2, 0) is 0 Å². The highest BCUT2D eigenvalue weighted by molar-refractivity contribution is 5.81. The minimum atomic E-state index is -2.25. The van der Waals surface area contributed by atoms with E-state index in [1.165, 1.54) is 18.2 Å². The second-order valence-corrected chi connectivity index (χ2v) is 4.48. The number of ether oxygens (including phenoxy) is 1. The van der Waals surface area contributed by atoms with E-state index in [0.717, 1.165) is 6.21 Å². The Morgan fingerprint density at radius 1 is 1.04 bits per heavy atom. The van der Waals surface area contributed by atoms with Gasteiger partial charge in [0.2, 0.25) is 5.82 Å². The molecule has 128 valence electrons. The third-order valence-electron chi connectivity index (χ3n) is 2.88. The van der Waals surface area contributed by atoms with Crippen molar-refractivity contribution in [1.29, 1.82) is 0 Å². The highest BCUT2D eigenvalue weighted by atomic mass is 19.2. The first-order valence-electron chi connectivity index (χ1n) is 6.63. The Balaban J connectivity index is 2.26. The molecule has 0 unspecified atom stereocenters. The van der Waals surface area contributed by atoms with Crippen LogP contribution in [0.15, 0.2) is 23.3 Å². The number of phenolic OH excluding ortho intramolecular Hbond substituents is 1. The van der Waals surface area contributed by atoms with E-state index in [9.17, 15) is 27.1 Å². The predicted octanol–water partition coefficient (Wildman–Crippen LogP) is 3.93. The first-order chi connectivity index (χ1) is 11.4. The SMILES string of the molecule is CCOc1cc(/C=N/Nc2c(F)c(F)c(F)c(F)c2F)ccc1O. The van der Waals surface area contributed by atoms with Gasteiger partial charge in [-0.3, -0.25) is 5.43 Å². The molecule has 0 aliphatic heterocycles. The Morgan fingerprint density at radius 3 is 2.21 bits per heavy atom. The molecule has 4 nitrogen and oxygen atoms in total. The number of hydrogen-bond acceptors (Lipinski definition) is 4. The highest BCUT2D eigenvalue weighted by Gasteiger charge is 2.25. The van der Waals surface area contributed by atoms with E-state index in [-0.39, 0.29) is 18.1 Å². The van der Waals surface area contributed by atoms with Crippen molar-refractivity contribution in [2.45, 2.75) is 6.92 Å². The highest BCUT2D eigenvalue weighted by Crippen LogP contribution is 2.28. The lowest BCUT2D eigenvalue weighted by Gasteiger charge is -2.07. The Kier molecular flexibility index (Phi) is 5.22. The smallest absolute Gasteiger partial charge is 0.200 e. The van der Waals surface area contributed by atoms with Gasteiger partial charge in [-0.1, -0.05) is 0 Å². The lowest BCUT2D eigenvalue weighted by molar-refractivity contribution is 0.318. The zero-order chi connectivity index (χ0) is 17.9. The van der Waals surface area contributed by atoms with Crippen LogP contribution in [0.5, 0.6) is 11.5 Å². The Hall–Kier alpha value is -2.84. The summed E-state index contributed by atoms with van der Waals surface area (Å²) in [5.41, 5.74) is 0.857. The Morgan fingerprint density at radius 2 is 1.62 bits per heavy atom. The van der Waals surface area contributed by atoms with Crippen LogP contribution in [0, 0.1) is 29.1 Å². The molecule has 0 aromatic heterocycles. The molecule has 2 rings (SSSR count). The minimum Gasteiger partial charge on any atom is -0.504 e. The van der Waals surface area contributed by atoms with Gasteiger partial charge in [-0.15, -0.1) is 0 Å². The predicted molar refractivity (Wildman–Crippen MR) is 76.7 cm³/mol. The van der Waals surface area contributed by atoms with Gasteiger partial charge in [0.1, 0.15) is 5.69 Å². The number of hydrogen-bond donors (Lipinski definition) is 2. The molecule has 0 aliphatic carbocycles. The fraction of sp³-hybridized carbons (Fsp3) is 0.133. The van der Waals surface area contributed by atoms with E-state index < -0.39 is 34.8 Å². The van der Waals surface area contributed by atoms with Crippen molar-refractivity contribution in [1.82, 2.24) is 0 Å². The van der Waals surface area contributed by atoms with Crippen molar-refractivity contribution in [3.63, 3.8) is 0 Å². The molecule has 24 heavy (non-hydrogen) atoms. The number of rotatable bonds is 5. The quantitative estimate of drug-likeness (QED) is 0.284. The average molecular weight is 346 g/mol. The number of aromatic hydroxyl groups is 1. The molecule has 0 atom stereocenters. The van der Waals surface area contributed by atoms with Gasteiger partial charge in [0.15, 0.2) is 34.8 Å². The molecule has 2 aromatic rings. The molecule has 0 amide bonds. The van der Waals surface area contributed by atoms with E-state index in [0.29, 0.717) is 5.56 Å². The maximum absolute atomic E-state index is 13.4. The molecular formula is C15H11F5N2O2. The molecule has 0 radical (unpaired) electrons. The van der Waals surface area contributed by atoms with Crippen LogP contribution in [0.1, 0.15) is 12.5 Å². The lowest BCUT2D eigenvalue weighted by Crippen LogP contribution is -2.06. The van der Waals surface area contributed by atoms with Gasteiger partial charge in [-0.2, -0.15) is 5.10 Å². The Bertz CT molecular complexity index is 767. The van der Waals surface area contributed by atoms with Gasteiger partial charge in [0.05, 0.1) is 12.8 Å². The van der Waals surface area contributed by atoms with Crippen molar-refractivity contribution in [2.75, 3.05) is 12.0 Å². The second kappa shape index (κ2) is 7.16. The summed E-state index contributed by atoms with van der Waals surface area (Å²) in [6.07, 6.45) is 1.06. The van der Waals surface area contributed by atoms with Crippen LogP contribution in [0.2, 0.25) is 0 Å². The van der Waals surface area contributed by atoms with Crippen LogP contribution in [0.25, 0.3) is 0 Å². The molecule has 0 saturated heterocycles. The van der Waals surface area contributed by atoms with Crippen LogP contribution in [-0.4, -0.2) is 17.9 Å². The summed E-state index contributed by atoms with van der Waals surface area (Å²) in [6.45, 7) is 1.99. The number of phenols is 1. The van der Waals surface area contributed by atoms with Crippen molar-refractivity contribution >= 4 is 11.9 Å².